The maximum Gasteiger partial charge on any atom is 0.573 e. The maximum absolute atomic E-state index is 12.7. The van der Waals surface area contributed by atoms with Gasteiger partial charge in [-0.15, -0.1) is 13.2 Å². The topological polar surface area (TPSA) is 78.4 Å². The number of anilines is 1. The monoisotopic (exact) mass is 455 g/mol. The summed E-state index contributed by atoms with van der Waals surface area (Å²) in [5, 5.41) is 4.68. The summed E-state index contributed by atoms with van der Waals surface area (Å²) in [6.45, 7) is 14.0. The average molecular weight is 456 g/mol. The standard InChI is InChI=1S/C22H32F3N5O2/c1-6-29(17-11-31-12-17)10-14(4)15(5)19-8-18(28-30(19)13(2)3)16-7-20(21(26)27-9-16)32-22(23,24)25/h7-9,13-15,17H,6,10-12H2,1-5H3,(H2,26,27). The number of nitrogens with zero attached hydrogens (tertiary/aromatic N) is 4. The van der Waals surface area contributed by atoms with Gasteiger partial charge in [0.15, 0.2) is 11.6 Å². The SMILES string of the molecule is CCN(CC(C)C(C)c1cc(-c2cnc(N)c(OC(F)(F)F)c2)nn1C(C)C)C1COC1. The summed E-state index contributed by atoms with van der Waals surface area (Å²) < 4.78 is 49.4. The van der Waals surface area contributed by atoms with Crippen molar-refractivity contribution < 1.29 is 22.6 Å². The molecule has 2 aromatic heterocycles. The third-order valence-corrected chi connectivity index (χ3v) is 6.04. The van der Waals surface area contributed by atoms with E-state index in [0.29, 0.717) is 23.2 Å². The van der Waals surface area contributed by atoms with E-state index in [1.165, 1.54) is 12.3 Å². The quantitative estimate of drug-likeness (QED) is 0.601. The van der Waals surface area contributed by atoms with E-state index in [0.717, 1.165) is 32.0 Å². The molecule has 0 amide bonds. The van der Waals surface area contributed by atoms with E-state index >= 15 is 0 Å². The van der Waals surface area contributed by atoms with E-state index in [4.69, 9.17) is 10.5 Å². The average Bonchev–Trinajstić information content (AvgIpc) is 3.11. The van der Waals surface area contributed by atoms with Crippen LogP contribution in [0.5, 0.6) is 5.75 Å². The van der Waals surface area contributed by atoms with E-state index in [1.54, 1.807) is 0 Å². The van der Waals surface area contributed by atoms with Crippen LogP contribution in [0.2, 0.25) is 0 Å². The van der Waals surface area contributed by atoms with E-state index in [9.17, 15) is 13.2 Å². The van der Waals surface area contributed by atoms with E-state index < -0.39 is 12.1 Å². The molecule has 0 aliphatic carbocycles. The number of alkyl halides is 3. The summed E-state index contributed by atoms with van der Waals surface area (Å²) in [6.07, 6.45) is -3.43. The molecule has 1 aliphatic rings. The molecule has 2 unspecified atom stereocenters. The van der Waals surface area contributed by atoms with Crippen LogP contribution in [0.3, 0.4) is 0 Å². The Hall–Kier alpha value is -2.33. The van der Waals surface area contributed by atoms with Gasteiger partial charge in [-0.05, 0) is 38.4 Å². The third kappa shape index (κ3) is 5.53. The lowest BCUT2D eigenvalue weighted by Gasteiger charge is -2.39. The molecule has 1 fully saturated rings. The number of rotatable bonds is 9. The fraction of sp³-hybridized carbons (Fsp3) is 0.636. The highest BCUT2D eigenvalue weighted by Gasteiger charge is 2.33. The van der Waals surface area contributed by atoms with Gasteiger partial charge in [-0.3, -0.25) is 9.58 Å². The van der Waals surface area contributed by atoms with Gasteiger partial charge in [-0.25, -0.2) is 4.98 Å². The molecule has 2 atom stereocenters. The molecule has 10 heteroatoms. The molecule has 1 saturated heterocycles. The van der Waals surface area contributed by atoms with Crippen molar-refractivity contribution in [1.29, 1.82) is 0 Å². The number of hydrogen-bond donors (Lipinski definition) is 1. The summed E-state index contributed by atoms with van der Waals surface area (Å²) >= 11 is 0. The Kier molecular flexibility index (Phi) is 7.34. The second-order valence-corrected chi connectivity index (χ2v) is 8.69. The molecule has 3 heterocycles. The summed E-state index contributed by atoms with van der Waals surface area (Å²) in [6, 6.07) is 3.71. The lowest BCUT2D eigenvalue weighted by Crippen LogP contribution is -2.50. The summed E-state index contributed by atoms with van der Waals surface area (Å²) in [5.74, 6) is -0.331. The van der Waals surface area contributed by atoms with Crippen LogP contribution in [0.25, 0.3) is 11.3 Å². The normalized spacial score (nSPS) is 16.9. The van der Waals surface area contributed by atoms with Crippen LogP contribution >= 0.6 is 0 Å². The molecule has 2 N–H and O–H groups in total. The Morgan fingerprint density at radius 2 is 1.94 bits per heavy atom. The number of halogens is 3. The zero-order chi connectivity index (χ0) is 23.6. The minimum atomic E-state index is -4.85. The van der Waals surface area contributed by atoms with E-state index in [1.807, 2.05) is 24.6 Å². The van der Waals surface area contributed by atoms with Crippen molar-refractivity contribution in [3.05, 3.63) is 24.0 Å². The second kappa shape index (κ2) is 9.66. The van der Waals surface area contributed by atoms with Crippen molar-refractivity contribution in [3.63, 3.8) is 0 Å². The van der Waals surface area contributed by atoms with E-state index in [-0.39, 0.29) is 17.8 Å². The number of pyridine rings is 1. The highest BCUT2D eigenvalue weighted by Crippen LogP contribution is 2.34. The Bertz CT molecular complexity index is 911. The molecule has 0 bridgehead atoms. The van der Waals surface area contributed by atoms with Crippen molar-refractivity contribution in [1.82, 2.24) is 19.7 Å². The smallest absolute Gasteiger partial charge is 0.402 e. The summed E-state index contributed by atoms with van der Waals surface area (Å²) in [4.78, 5) is 6.31. The minimum absolute atomic E-state index is 0.0864. The Labute approximate surface area is 186 Å². The zero-order valence-electron chi connectivity index (χ0n) is 19.2. The first-order valence-corrected chi connectivity index (χ1v) is 10.9. The zero-order valence-corrected chi connectivity index (χ0v) is 19.2. The fourth-order valence-corrected chi connectivity index (χ4v) is 3.90. The van der Waals surface area contributed by atoms with Gasteiger partial charge in [-0.2, -0.15) is 5.10 Å². The Morgan fingerprint density at radius 1 is 1.25 bits per heavy atom. The van der Waals surface area contributed by atoms with Gasteiger partial charge in [0.25, 0.3) is 0 Å². The molecule has 178 valence electrons. The second-order valence-electron chi connectivity index (χ2n) is 8.69. The largest absolute Gasteiger partial charge is 0.573 e. The molecule has 32 heavy (non-hydrogen) atoms. The molecule has 0 spiro atoms. The van der Waals surface area contributed by atoms with Crippen LogP contribution in [-0.2, 0) is 4.74 Å². The molecular formula is C22H32F3N5O2. The van der Waals surface area contributed by atoms with Crippen molar-refractivity contribution >= 4 is 5.82 Å². The molecular weight excluding hydrogens is 423 g/mol. The lowest BCUT2D eigenvalue weighted by molar-refractivity contribution is -0.274. The van der Waals surface area contributed by atoms with Crippen molar-refractivity contribution in [2.45, 2.75) is 59.0 Å². The van der Waals surface area contributed by atoms with Gasteiger partial charge in [-0.1, -0.05) is 20.8 Å². The summed E-state index contributed by atoms with van der Waals surface area (Å²) in [5.41, 5.74) is 7.55. The van der Waals surface area contributed by atoms with Gasteiger partial charge >= 0.3 is 6.36 Å². The first-order chi connectivity index (χ1) is 15.0. The predicted molar refractivity (Wildman–Crippen MR) is 116 cm³/mol. The molecule has 3 rings (SSSR count). The first-order valence-electron chi connectivity index (χ1n) is 10.9. The molecule has 0 saturated carbocycles. The predicted octanol–water partition coefficient (Wildman–Crippen LogP) is 4.47. The highest BCUT2D eigenvalue weighted by molar-refractivity contribution is 5.64. The van der Waals surface area contributed by atoms with Gasteiger partial charge in [0, 0.05) is 36.0 Å². The number of likely N-dealkylation sites (N-methyl/N-ethyl adjacent to an activating group) is 1. The third-order valence-electron chi connectivity index (χ3n) is 6.04. The Balaban J connectivity index is 1.87. The minimum Gasteiger partial charge on any atom is -0.402 e. The Morgan fingerprint density at radius 3 is 2.47 bits per heavy atom. The van der Waals surface area contributed by atoms with Crippen LogP contribution in [0.1, 0.15) is 52.3 Å². The van der Waals surface area contributed by atoms with Gasteiger partial charge < -0.3 is 15.2 Å². The number of nitrogens with two attached hydrogens (primary N) is 1. The van der Waals surface area contributed by atoms with Crippen LogP contribution in [0.4, 0.5) is 19.0 Å². The van der Waals surface area contributed by atoms with Crippen LogP contribution in [-0.4, -0.2) is 58.4 Å². The maximum atomic E-state index is 12.7. The molecule has 7 nitrogen and oxygen atoms in total. The van der Waals surface area contributed by atoms with Gasteiger partial charge in [0.05, 0.1) is 24.9 Å². The fourth-order valence-electron chi connectivity index (χ4n) is 3.90. The number of ether oxygens (including phenoxy) is 2. The number of nitrogen functional groups attached to an aromatic ring is 1. The van der Waals surface area contributed by atoms with Gasteiger partial charge in [0.2, 0.25) is 0 Å². The van der Waals surface area contributed by atoms with Crippen molar-refractivity contribution in [3.8, 4) is 17.0 Å². The van der Waals surface area contributed by atoms with Crippen molar-refractivity contribution in [2.75, 3.05) is 32.0 Å². The number of aromatic nitrogens is 3. The van der Waals surface area contributed by atoms with Crippen LogP contribution in [0.15, 0.2) is 18.3 Å². The van der Waals surface area contributed by atoms with E-state index in [2.05, 4.69) is 40.5 Å². The number of hydrogen-bond acceptors (Lipinski definition) is 6. The molecule has 0 aromatic carbocycles. The van der Waals surface area contributed by atoms with Crippen molar-refractivity contribution in [2.24, 2.45) is 5.92 Å². The molecule has 2 aromatic rings. The van der Waals surface area contributed by atoms with Crippen LogP contribution < -0.4 is 10.5 Å². The first kappa shape index (κ1) is 24.3. The lowest BCUT2D eigenvalue weighted by atomic mass is 9.91. The van der Waals surface area contributed by atoms with Crippen LogP contribution in [0, 0.1) is 5.92 Å². The highest BCUT2D eigenvalue weighted by atomic mass is 19.4. The van der Waals surface area contributed by atoms with Gasteiger partial charge in [0.1, 0.15) is 0 Å². The summed E-state index contributed by atoms with van der Waals surface area (Å²) in [7, 11) is 0. The molecule has 1 aliphatic heterocycles. The molecule has 0 radical (unpaired) electrons.